The number of anilines is 1. The first-order valence-electron chi connectivity index (χ1n) is 18.4. The van der Waals surface area contributed by atoms with Crippen molar-refractivity contribution in [2.45, 2.75) is 88.4 Å². The van der Waals surface area contributed by atoms with Crippen molar-refractivity contribution in [2.75, 3.05) is 31.5 Å². The molecule has 22 heteroatoms. The quantitative estimate of drug-likeness (QED) is 0.0423. The number of nitrogens with one attached hydrogen (secondary N) is 5. The summed E-state index contributed by atoms with van der Waals surface area (Å²) in [6, 6.07) is 2.69. The molecule has 3 rings (SSSR count). The van der Waals surface area contributed by atoms with E-state index in [0.29, 0.717) is 19.4 Å². The maximum Gasteiger partial charge on any atom is 0.326 e. The number of aromatic nitrogens is 1. The second-order valence-corrected chi connectivity index (χ2v) is 13.5. The number of carbonyl (C=O) groups is 7. The van der Waals surface area contributed by atoms with Gasteiger partial charge in [-0.15, -0.1) is 0 Å². The Morgan fingerprint density at radius 3 is 2.38 bits per heavy atom. The van der Waals surface area contributed by atoms with Gasteiger partial charge in [0, 0.05) is 37.4 Å². The van der Waals surface area contributed by atoms with E-state index < -0.39 is 91.0 Å². The molecule has 0 radical (unpaired) electrons. The lowest BCUT2D eigenvalue weighted by Gasteiger charge is -2.22. The van der Waals surface area contributed by atoms with E-state index in [9.17, 15) is 47.4 Å². The highest BCUT2D eigenvalue weighted by molar-refractivity contribution is 6.11. The van der Waals surface area contributed by atoms with Gasteiger partial charge in [-0.1, -0.05) is 12.1 Å². The molecule has 12 N–H and O–H groups in total. The van der Waals surface area contributed by atoms with Crippen molar-refractivity contribution in [3.8, 4) is 6.07 Å². The van der Waals surface area contributed by atoms with Crippen LogP contribution in [0, 0.1) is 11.3 Å². The topological polar surface area (TPSA) is 330 Å². The zero-order chi connectivity index (χ0) is 43.0. The number of carbonyl (C=O) groups excluding carboxylic acids is 6. The first kappa shape index (κ1) is 45.9. The van der Waals surface area contributed by atoms with Crippen LogP contribution in [0.1, 0.15) is 68.6 Å². The van der Waals surface area contributed by atoms with Crippen molar-refractivity contribution in [1.29, 1.82) is 5.26 Å². The number of amides is 6. The molecule has 58 heavy (non-hydrogen) atoms. The molecule has 0 spiro atoms. The SMILES string of the molecule is C[C@@H](NC(=O)[C@H](CCCN=C(N)N)NC(=O)CCC(=O)Nc1cccc2c(C(=O)NCC(=O)N3CC(F)(F)C[C@H]3C#N)ccnc12)C(=O)N[C@@H](CCCCN)C(=O)O. The van der Waals surface area contributed by atoms with E-state index in [1.54, 1.807) is 6.07 Å². The molecule has 1 fully saturated rings. The van der Waals surface area contributed by atoms with Crippen molar-refractivity contribution in [1.82, 2.24) is 31.2 Å². The number of unbranched alkanes of at least 4 members (excludes halogenated alkanes) is 1. The maximum absolute atomic E-state index is 13.8. The van der Waals surface area contributed by atoms with E-state index in [2.05, 4.69) is 36.6 Å². The minimum atomic E-state index is -3.22. The summed E-state index contributed by atoms with van der Waals surface area (Å²) >= 11 is 0. The maximum atomic E-state index is 13.8. The molecule has 1 aromatic heterocycles. The third-order valence-electron chi connectivity index (χ3n) is 8.92. The number of rotatable bonds is 21. The number of nitrogens with two attached hydrogens (primary N) is 3. The molecule has 314 valence electrons. The largest absolute Gasteiger partial charge is 0.480 e. The third-order valence-corrected chi connectivity index (χ3v) is 8.92. The number of hydrogen-bond donors (Lipinski definition) is 9. The highest BCUT2D eigenvalue weighted by atomic mass is 19.3. The molecule has 1 aliphatic heterocycles. The number of pyridine rings is 1. The Labute approximate surface area is 331 Å². The van der Waals surface area contributed by atoms with Gasteiger partial charge in [0.25, 0.3) is 11.8 Å². The number of aliphatic carboxylic acids is 1. The highest BCUT2D eigenvalue weighted by Gasteiger charge is 2.47. The summed E-state index contributed by atoms with van der Waals surface area (Å²) < 4.78 is 27.6. The molecule has 20 nitrogen and oxygen atoms in total. The molecule has 2 heterocycles. The van der Waals surface area contributed by atoms with E-state index in [-0.39, 0.29) is 66.8 Å². The van der Waals surface area contributed by atoms with Gasteiger partial charge in [0.15, 0.2) is 5.96 Å². The van der Waals surface area contributed by atoms with Crippen LogP contribution < -0.4 is 43.8 Å². The number of fused-ring (bicyclic) bond motifs is 1. The van der Waals surface area contributed by atoms with Gasteiger partial charge >= 0.3 is 5.97 Å². The monoisotopic (exact) mass is 814 g/mol. The molecule has 6 amide bonds. The van der Waals surface area contributed by atoms with Crippen LogP contribution in [0.15, 0.2) is 35.5 Å². The standard InChI is InChI=1S/C36H48F2N12O8/c1-20(31(54)49-26(34(57)58)7-2-3-13-39)46-33(56)25(9-5-14-44-35(41)42)48-28(52)11-10-27(51)47-24-8-4-6-22-23(12-15-43-30(22)24)32(55)45-18-29(53)50-19-36(37,38)16-21(50)17-40/h4,6,8,12,15,20-21,25-26H,2-3,5,7,9-11,13-14,16,18-19,39H2,1H3,(H,45,55)(H,46,56)(H,47,51)(H,48,52)(H,49,54)(H,57,58)(H4,41,42,44)/t20-,21+,25+,26+/m1/s1. The Kier molecular flexibility index (Phi) is 17.2. The van der Waals surface area contributed by atoms with Crippen molar-refractivity contribution < 1.29 is 47.4 Å². The molecule has 0 unspecified atom stereocenters. The molecular weight excluding hydrogens is 766 g/mol. The van der Waals surface area contributed by atoms with Gasteiger partial charge in [0.05, 0.1) is 35.9 Å². The average Bonchev–Trinajstić information content (AvgIpc) is 3.50. The molecule has 0 aliphatic carbocycles. The fourth-order valence-corrected chi connectivity index (χ4v) is 5.93. The van der Waals surface area contributed by atoms with Crippen LogP contribution in [0.25, 0.3) is 10.9 Å². The summed E-state index contributed by atoms with van der Waals surface area (Å²) in [5, 5.41) is 31.3. The number of hydrogen-bond acceptors (Lipinski definition) is 11. The van der Waals surface area contributed by atoms with Crippen LogP contribution in [0.2, 0.25) is 0 Å². The van der Waals surface area contributed by atoms with E-state index >= 15 is 0 Å². The number of guanidine groups is 1. The summed E-state index contributed by atoms with van der Waals surface area (Å²) in [7, 11) is 0. The van der Waals surface area contributed by atoms with Crippen LogP contribution in [0.5, 0.6) is 0 Å². The second kappa shape index (κ2) is 21.7. The van der Waals surface area contributed by atoms with Crippen molar-refractivity contribution in [3.05, 3.63) is 36.0 Å². The predicted octanol–water partition coefficient (Wildman–Crippen LogP) is -0.815. The third kappa shape index (κ3) is 13.9. The number of nitriles is 1. The Morgan fingerprint density at radius 2 is 1.71 bits per heavy atom. The molecule has 2 aromatic rings. The first-order chi connectivity index (χ1) is 27.5. The average molecular weight is 815 g/mol. The van der Waals surface area contributed by atoms with Crippen LogP contribution in [0.3, 0.4) is 0 Å². The number of halogens is 2. The number of carboxylic acids is 1. The Morgan fingerprint density at radius 1 is 1.00 bits per heavy atom. The fourth-order valence-electron chi connectivity index (χ4n) is 5.93. The molecule has 1 aliphatic rings. The lowest BCUT2D eigenvalue weighted by molar-refractivity contribution is -0.142. The van der Waals surface area contributed by atoms with E-state index in [0.717, 1.165) is 4.90 Å². The Balaban J connectivity index is 1.61. The normalized spacial score (nSPS) is 15.8. The Hall–Kier alpha value is -6.50. The molecule has 4 atom stereocenters. The zero-order valence-corrected chi connectivity index (χ0v) is 31.8. The number of benzene rings is 1. The van der Waals surface area contributed by atoms with Gasteiger partial charge in [0.1, 0.15) is 24.2 Å². The Bertz CT molecular complexity index is 1920. The van der Waals surface area contributed by atoms with Gasteiger partial charge in [0.2, 0.25) is 29.5 Å². The molecular formula is C36H48F2N12O8. The summed E-state index contributed by atoms with van der Waals surface area (Å²) in [4.78, 5) is 98.0. The van der Waals surface area contributed by atoms with Crippen molar-refractivity contribution in [2.24, 2.45) is 22.2 Å². The number of alkyl halides is 2. The lowest BCUT2D eigenvalue weighted by Crippen LogP contribution is -2.54. The van der Waals surface area contributed by atoms with E-state index in [1.165, 1.54) is 37.4 Å². The summed E-state index contributed by atoms with van der Waals surface area (Å²) in [6.45, 7) is 0.237. The number of aliphatic imine (C=N–C) groups is 1. The highest BCUT2D eigenvalue weighted by Crippen LogP contribution is 2.31. The second-order valence-electron chi connectivity index (χ2n) is 13.5. The minimum Gasteiger partial charge on any atom is -0.480 e. The van der Waals surface area contributed by atoms with Gasteiger partial charge in [-0.05, 0) is 57.7 Å². The fraction of sp³-hybridized carbons (Fsp3) is 0.500. The van der Waals surface area contributed by atoms with Gasteiger partial charge in [-0.2, -0.15) is 5.26 Å². The van der Waals surface area contributed by atoms with Crippen LogP contribution in [-0.4, -0.2) is 119 Å². The smallest absolute Gasteiger partial charge is 0.326 e. The van der Waals surface area contributed by atoms with Gasteiger partial charge < -0.3 is 53.8 Å². The van der Waals surface area contributed by atoms with E-state index in [1.807, 2.05) is 0 Å². The van der Waals surface area contributed by atoms with Crippen LogP contribution in [-0.2, 0) is 28.8 Å². The first-order valence-corrected chi connectivity index (χ1v) is 18.4. The zero-order valence-electron chi connectivity index (χ0n) is 31.8. The number of likely N-dealkylation sites (tertiary alicyclic amines) is 1. The van der Waals surface area contributed by atoms with E-state index in [4.69, 9.17) is 22.5 Å². The van der Waals surface area contributed by atoms with Crippen molar-refractivity contribution in [3.63, 3.8) is 0 Å². The number of nitrogens with zero attached hydrogens (tertiary/aromatic N) is 4. The number of carboxylic acid groups (broad SMARTS) is 1. The van der Waals surface area contributed by atoms with Gasteiger partial charge in [-0.25, -0.2) is 13.6 Å². The summed E-state index contributed by atoms with van der Waals surface area (Å²) in [6.07, 6.45) is 1.18. The number of para-hydroxylation sites is 1. The van der Waals surface area contributed by atoms with Gasteiger partial charge in [-0.3, -0.25) is 38.7 Å². The van der Waals surface area contributed by atoms with Crippen LogP contribution in [0.4, 0.5) is 14.5 Å². The molecule has 0 saturated carbocycles. The summed E-state index contributed by atoms with van der Waals surface area (Å²) in [5.41, 5.74) is 16.6. The molecule has 1 saturated heterocycles. The molecule has 0 bridgehead atoms. The summed E-state index contributed by atoms with van der Waals surface area (Å²) in [5.74, 6) is -9.08. The minimum absolute atomic E-state index is 0.0338. The lowest BCUT2D eigenvalue weighted by atomic mass is 10.1. The predicted molar refractivity (Wildman–Crippen MR) is 205 cm³/mol. The van der Waals surface area contributed by atoms with Crippen LogP contribution >= 0.6 is 0 Å². The molecule has 1 aromatic carbocycles. The van der Waals surface area contributed by atoms with Crippen molar-refractivity contribution >= 4 is 64.0 Å².